The van der Waals surface area contributed by atoms with E-state index in [2.05, 4.69) is 22.4 Å². The molecule has 0 radical (unpaired) electrons. The van der Waals surface area contributed by atoms with Gasteiger partial charge in [-0.1, -0.05) is 6.07 Å². The summed E-state index contributed by atoms with van der Waals surface area (Å²) in [6, 6.07) is 4.25. The summed E-state index contributed by atoms with van der Waals surface area (Å²) < 4.78 is 0. The van der Waals surface area contributed by atoms with Crippen molar-refractivity contribution in [2.75, 3.05) is 13.1 Å². The summed E-state index contributed by atoms with van der Waals surface area (Å²) in [5, 5.41) is 12.0. The highest BCUT2D eigenvalue weighted by atomic mass is 32.1. The van der Waals surface area contributed by atoms with Crippen molar-refractivity contribution in [3.05, 3.63) is 22.4 Å². The molecule has 1 aromatic heterocycles. The number of rotatable bonds is 2. The standard InChI is InChI=1S/C11H17NOS/c1-11(13)5-3-6-12(9-11)8-10-4-2-7-14-10/h2,4,7,13H,3,5-6,8-9H2,1H3. The molecule has 1 N–H and O–H groups in total. The van der Waals surface area contributed by atoms with Gasteiger partial charge in [-0.2, -0.15) is 0 Å². The summed E-state index contributed by atoms with van der Waals surface area (Å²) >= 11 is 1.79. The van der Waals surface area contributed by atoms with Gasteiger partial charge < -0.3 is 5.11 Å². The first-order valence-electron chi connectivity index (χ1n) is 5.13. The summed E-state index contributed by atoms with van der Waals surface area (Å²) in [4.78, 5) is 3.73. The number of thiophene rings is 1. The Hall–Kier alpha value is -0.380. The molecule has 0 amide bonds. The van der Waals surface area contributed by atoms with Crippen LogP contribution in [0.4, 0.5) is 0 Å². The molecule has 1 aliphatic heterocycles. The number of likely N-dealkylation sites (tertiary alicyclic amines) is 1. The van der Waals surface area contributed by atoms with Crippen LogP contribution in [0.15, 0.2) is 17.5 Å². The van der Waals surface area contributed by atoms with Crippen LogP contribution in [-0.4, -0.2) is 28.7 Å². The highest BCUT2D eigenvalue weighted by Gasteiger charge is 2.28. The molecule has 2 nitrogen and oxygen atoms in total. The van der Waals surface area contributed by atoms with Gasteiger partial charge in [0.05, 0.1) is 5.60 Å². The molecule has 14 heavy (non-hydrogen) atoms. The van der Waals surface area contributed by atoms with Crippen LogP contribution >= 0.6 is 11.3 Å². The zero-order chi connectivity index (χ0) is 10.0. The van der Waals surface area contributed by atoms with Crippen LogP contribution in [0, 0.1) is 0 Å². The summed E-state index contributed by atoms with van der Waals surface area (Å²) in [7, 11) is 0. The largest absolute Gasteiger partial charge is 0.389 e. The molecule has 3 heteroatoms. The molecule has 0 spiro atoms. The van der Waals surface area contributed by atoms with Gasteiger partial charge in [0.15, 0.2) is 0 Å². The van der Waals surface area contributed by atoms with Crippen molar-refractivity contribution in [2.45, 2.75) is 31.9 Å². The SMILES string of the molecule is CC1(O)CCCN(Cc2cccs2)C1. The first-order valence-corrected chi connectivity index (χ1v) is 6.01. The van der Waals surface area contributed by atoms with Crippen LogP contribution < -0.4 is 0 Å². The molecular formula is C11H17NOS. The fourth-order valence-electron chi connectivity index (χ4n) is 2.08. The number of hydrogen-bond acceptors (Lipinski definition) is 3. The van der Waals surface area contributed by atoms with Gasteiger partial charge in [-0.3, -0.25) is 4.90 Å². The van der Waals surface area contributed by atoms with E-state index in [9.17, 15) is 5.11 Å². The molecule has 2 heterocycles. The molecule has 1 aliphatic rings. The van der Waals surface area contributed by atoms with Gasteiger partial charge in [0.1, 0.15) is 0 Å². The lowest BCUT2D eigenvalue weighted by Crippen LogP contribution is -2.45. The second-order valence-electron chi connectivity index (χ2n) is 4.39. The molecule has 78 valence electrons. The van der Waals surface area contributed by atoms with Crippen molar-refractivity contribution >= 4 is 11.3 Å². The molecule has 0 aromatic carbocycles. The zero-order valence-corrected chi connectivity index (χ0v) is 9.39. The third kappa shape index (κ3) is 2.56. The minimum absolute atomic E-state index is 0.477. The van der Waals surface area contributed by atoms with Gasteiger partial charge >= 0.3 is 0 Å². The van der Waals surface area contributed by atoms with Crippen LogP contribution in [0.3, 0.4) is 0 Å². The van der Waals surface area contributed by atoms with Crippen molar-refractivity contribution in [3.63, 3.8) is 0 Å². The van der Waals surface area contributed by atoms with E-state index in [4.69, 9.17) is 0 Å². The number of hydrogen-bond donors (Lipinski definition) is 1. The molecule has 1 unspecified atom stereocenters. The Morgan fingerprint density at radius 2 is 2.50 bits per heavy atom. The Labute approximate surface area is 89.2 Å². The molecular weight excluding hydrogens is 194 g/mol. The third-order valence-electron chi connectivity index (χ3n) is 2.71. The van der Waals surface area contributed by atoms with Gasteiger partial charge in [0.2, 0.25) is 0 Å². The van der Waals surface area contributed by atoms with E-state index in [0.29, 0.717) is 0 Å². The van der Waals surface area contributed by atoms with Crippen LogP contribution in [0.1, 0.15) is 24.6 Å². The molecule has 0 bridgehead atoms. The number of aliphatic hydroxyl groups is 1. The fourth-order valence-corrected chi connectivity index (χ4v) is 2.83. The summed E-state index contributed by atoms with van der Waals surface area (Å²) in [5.74, 6) is 0. The zero-order valence-electron chi connectivity index (χ0n) is 8.57. The Morgan fingerprint density at radius 1 is 1.64 bits per heavy atom. The molecule has 1 atom stereocenters. The fraction of sp³-hybridized carbons (Fsp3) is 0.636. The highest BCUT2D eigenvalue weighted by Crippen LogP contribution is 2.22. The lowest BCUT2D eigenvalue weighted by molar-refractivity contribution is -0.0178. The van der Waals surface area contributed by atoms with Crippen LogP contribution in [0.5, 0.6) is 0 Å². The van der Waals surface area contributed by atoms with Crippen molar-refractivity contribution in [1.29, 1.82) is 0 Å². The van der Waals surface area contributed by atoms with Crippen molar-refractivity contribution in [3.8, 4) is 0 Å². The Bertz CT molecular complexity index is 281. The average Bonchev–Trinajstić information content (AvgIpc) is 2.54. The monoisotopic (exact) mass is 211 g/mol. The van der Waals surface area contributed by atoms with Gasteiger partial charge in [0.25, 0.3) is 0 Å². The topological polar surface area (TPSA) is 23.5 Å². The van der Waals surface area contributed by atoms with Gasteiger partial charge in [0, 0.05) is 18.0 Å². The lowest BCUT2D eigenvalue weighted by atomic mass is 9.95. The predicted molar refractivity (Wildman–Crippen MR) is 59.5 cm³/mol. The summed E-state index contributed by atoms with van der Waals surface area (Å²) in [6.45, 7) is 4.86. The Balaban J connectivity index is 1.92. The first kappa shape index (κ1) is 10.1. The Morgan fingerprint density at radius 3 is 3.14 bits per heavy atom. The molecule has 1 aromatic rings. The maximum absolute atomic E-state index is 9.94. The van der Waals surface area contributed by atoms with Crippen molar-refractivity contribution in [1.82, 2.24) is 4.90 Å². The minimum Gasteiger partial charge on any atom is -0.389 e. The number of piperidine rings is 1. The number of β-amino-alcohol motifs (C(OH)–C–C–N with tert-alkyl or cyclic N) is 1. The highest BCUT2D eigenvalue weighted by molar-refractivity contribution is 7.09. The van der Waals surface area contributed by atoms with E-state index in [1.165, 1.54) is 4.88 Å². The molecule has 0 aliphatic carbocycles. The Kier molecular flexibility index (Phi) is 2.91. The minimum atomic E-state index is -0.477. The van der Waals surface area contributed by atoms with E-state index >= 15 is 0 Å². The second-order valence-corrected chi connectivity index (χ2v) is 5.42. The van der Waals surface area contributed by atoms with E-state index < -0.39 is 5.60 Å². The van der Waals surface area contributed by atoms with Gasteiger partial charge in [-0.05, 0) is 37.8 Å². The average molecular weight is 211 g/mol. The smallest absolute Gasteiger partial charge is 0.0746 e. The van der Waals surface area contributed by atoms with Gasteiger partial charge in [-0.15, -0.1) is 11.3 Å². The molecule has 1 fully saturated rings. The maximum atomic E-state index is 9.94. The van der Waals surface area contributed by atoms with E-state index in [-0.39, 0.29) is 0 Å². The lowest BCUT2D eigenvalue weighted by Gasteiger charge is -2.36. The van der Waals surface area contributed by atoms with Gasteiger partial charge in [-0.25, -0.2) is 0 Å². The summed E-state index contributed by atoms with van der Waals surface area (Å²) in [6.07, 6.45) is 2.05. The predicted octanol–water partition coefficient (Wildman–Crippen LogP) is 2.09. The molecule has 0 saturated carbocycles. The normalized spacial score (nSPS) is 29.3. The maximum Gasteiger partial charge on any atom is 0.0746 e. The second kappa shape index (κ2) is 4.01. The van der Waals surface area contributed by atoms with E-state index in [0.717, 1.165) is 32.5 Å². The molecule has 2 rings (SSSR count). The summed E-state index contributed by atoms with van der Waals surface area (Å²) in [5.41, 5.74) is -0.477. The van der Waals surface area contributed by atoms with Crippen molar-refractivity contribution < 1.29 is 5.11 Å². The first-order chi connectivity index (χ1) is 6.66. The van der Waals surface area contributed by atoms with Crippen molar-refractivity contribution in [2.24, 2.45) is 0 Å². The van der Waals surface area contributed by atoms with Crippen LogP contribution in [0.25, 0.3) is 0 Å². The number of nitrogens with zero attached hydrogens (tertiary/aromatic N) is 1. The molecule has 1 saturated heterocycles. The van der Waals surface area contributed by atoms with Crippen LogP contribution in [-0.2, 0) is 6.54 Å². The van der Waals surface area contributed by atoms with E-state index in [1.54, 1.807) is 11.3 Å². The quantitative estimate of drug-likeness (QED) is 0.809. The van der Waals surface area contributed by atoms with Crippen LogP contribution in [0.2, 0.25) is 0 Å². The third-order valence-corrected chi connectivity index (χ3v) is 3.57. The van der Waals surface area contributed by atoms with E-state index in [1.807, 2.05) is 6.92 Å².